The van der Waals surface area contributed by atoms with Crippen molar-refractivity contribution in [1.82, 2.24) is 19.6 Å². The number of aromatic nitrogens is 4. The van der Waals surface area contributed by atoms with Crippen LogP contribution < -0.4 is 10.9 Å². The molecule has 0 radical (unpaired) electrons. The molecule has 2 heterocycles. The quantitative estimate of drug-likeness (QED) is 0.758. The van der Waals surface area contributed by atoms with Crippen molar-refractivity contribution in [3.8, 4) is 0 Å². The molecule has 0 fully saturated rings. The molecule has 114 valence electrons. The van der Waals surface area contributed by atoms with E-state index in [-0.39, 0.29) is 5.56 Å². The number of fused-ring (bicyclic) bond motifs is 1. The molecule has 3 aromatic rings. The molecule has 0 amide bonds. The predicted molar refractivity (Wildman–Crippen MR) is 86.4 cm³/mol. The SMILES string of the molecule is CCCc1cc(=O)n2[nH]c(NCc3cccc(Cl)c3)nc2n1. The third-order valence-electron chi connectivity index (χ3n) is 3.24. The van der Waals surface area contributed by atoms with Gasteiger partial charge in [-0.15, -0.1) is 0 Å². The van der Waals surface area contributed by atoms with Gasteiger partial charge in [-0.1, -0.05) is 37.1 Å². The maximum Gasteiger partial charge on any atom is 0.274 e. The Balaban J connectivity index is 1.83. The van der Waals surface area contributed by atoms with Gasteiger partial charge in [-0.3, -0.25) is 9.89 Å². The van der Waals surface area contributed by atoms with Gasteiger partial charge in [0.15, 0.2) is 0 Å². The van der Waals surface area contributed by atoms with Crippen LogP contribution in [-0.4, -0.2) is 19.6 Å². The molecule has 2 aromatic heterocycles. The van der Waals surface area contributed by atoms with Crippen LogP contribution in [-0.2, 0) is 13.0 Å². The molecule has 0 bridgehead atoms. The van der Waals surface area contributed by atoms with Crippen LogP contribution >= 0.6 is 11.6 Å². The lowest BCUT2D eigenvalue weighted by Gasteiger charge is -2.02. The normalized spacial score (nSPS) is 11.0. The Bertz CT molecular complexity index is 855. The fourth-order valence-electron chi connectivity index (χ4n) is 2.22. The molecule has 1 aromatic carbocycles. The number of nitrogens with zero attached hydrogens (tertiary/aromatic N) is 3. The second-order valence-electron chi connectivity index (χ2n) is 5.03. The first-order valence-electron chi connectivity index (χ1n) is 7.12. The predicted octanol–water partition coefficient (Wildman–Crippen LogP) is 2.64. The van der Waals surface area contributed by atoms with Gasteiger partial charge in [0.2, 0.25) is 5.95 Å². The third kappa shape index (κ3) is 3.12. The molecule has 7 heteroatoms. The number of aromatic amines is 1. The Kier molecular flexibility index (Phi) is 4.11. The molecule has 0 atom stereocenters. The van der Waals surface area contributed by atoms with Crippen LogP contribution in [0.1, 0.15) is 24.6 Å². The van der Waals surface area contributed by atoms with E-state index < -0.39 is 0 Å². The lowest BCUT2D eigenvalue weighted by Crippen LogP contribution is -2.15. The van der Waals surface area contributed by atoms with Crippen molar-refractivity contribution in [2.75, 3.05) is 5.32 Å². The zero-order valence-corrected chi connectivity index (χ0v) is 12.9. The molecule has 0 spiro atoms. The van der Waals surface area contributed by atoms with Gasteiger partial charge in [0.25, 0.3) is 11.3 Å². The van der Waals surface area contributed by atoms with Crippen molar-refractivity contribution >= 4 is 23.3 Å². The zero-order valence-electron chi connectivity index (χ0n) is 12.1. The number of anilines is 1. The maximum atomic E-state index is 12.0. The standard InChI is InChI=1S/C15H16ClN5O/c1-2-4-12-8-13(22)21-15(18-12)19-14(20-21)17-9-10-5-3-6-11(16)7-10/h3,5-8H,2,4,9H2,1H3,(H2,17,18,19,20). The molecule has 0 aliphatic rings. The lowest BCUT2D eigenvalue weighted by atomic mass is 10.2. The monoisotopic (exact) mass is 317 g/mol. The van der Waals surface area contributed by atoms with E-state index in [4.69, 9.17) is 11.6 Å². The van der Waals surface area contributed by atoms with Crippen LogP contribution in [0, 0.1) is 0 Å². The minimum absolute atomic E-state index is 0.156. The van der Waals surface area contributed by atoms with Gasteiger partial charge in [-0.2, -0.15) is 9.50 Å². The van der Waals surface area contributed by atoms with Gasteiger partial charge in [-0.25, -0.2) is 4.98 Å². The van der Waals surface area contributed by atoms with Crippen molar-refractivity contribution in [3.05, 3.63) is 57.0 Å². The summed E-state index contributed by atoms with van der Waals surface area (Å²) < 4.78 is 1.33. The fraction of sp³-hybridized carbons (Fsp3) is 0.267. The average molecular weight is 318 g/mol. The molecule has 0 saturated carbocycles. The summed E-state index contributed by atoms with van der Waals surface area (Å²) in [4.78, 5) is 20.7. The molecule has 3 rings (SSSR count). The van der Waals surface area contributed by atoms with Gasteiger partial charge in [0.1, 0.15) is 0 Å². The highest BCUT2D eigenvalue weighted by Crippen LogP contribution is 2.12. The number of H-pyrrole nitrogens is 1. The van der Waals surface area contributed by atoms with Crippen LogP contribution in [0.5, 0.6) is 0 Å². The summed E-state index contributed by atoms with van der Waals surface area (Å²) in [6.07, 6.45) is 1.71. The van der Waals surface area contributed by atoms with Crippen LogP contribution in [0.3, 0.4) is 0 Å². The maximum absolute atomic E-state index is 12.0. The summed E-state index contributed by atoms with van der Waals surface area (Å²) >= 11 is 5.95. The van der Waals surface area contributed by atoms with E-state index in [1.807, 2.05) is 31.2 Å². The van der Waals surface area contributed by atoms with E-state index >= 15 is 0 Å². The number of hydrogen-bond donors (Lipinski definition) is 2. The number of rotatable bonds is 5. The molecule has 0 aliphatic carbocycles. The molecule has 22 heavy (non-hydrogen) atoms. The summed E-state index contributed by atoms with van der Waals surface area (Å²) in [6.45, 7) is 2.60. The summed E-state index contributed by atoms with van der Waals surface area (Å²) in [5.74, 6) is 0.878. The summed E-state index contributed by atoms with van der Waals surface area (Å²) in [6, 6.07) is 9.09. The molecule has 0 aliphatic heterocycles. The van der Waals surface area contributed by atoms with Crippen molar-refractivity contribution in [2.24, 2.45) is 0 Å². The second-order valence-corrected chi connectivity index (χ2v) is 5.46. The van der Waals surface area contributed by atoms with Gasteiger partial charge in [0.05, 0.1) is 5.69 Å². The van der Waals surface area contributed by atoms with Crippen LogP contribution in [0.15, 0.2) is 35.1 Å². The highest BCUT2D eigenvalue weighted by molar-refractivity contribution is 6.30. The Morgan fingerprint density at radius 1 is 1.32 bits per heavy atom. The Morgan fingerprint density at radius 2 is 2.18 bits per heavy atom. The Hall–Kier alpha value is -2.34. The highest BCUT2D eigenvalue weighted by atomic mass is 35.5. The minimum Gasteiger partial charge on any atom is -0.351 e. The summed E-state index contributed by atoms with van der Waals surface area (Å²) in [7, 11) is 0. The van der Waals surface area contributed by atoms with Crippen LogP contribution in [0.4, 0.5) is 5.95 Å². The third-order valence-corrected chi connectivity index (χ3v) is 3.47. The smallest absolute Gasteiger partial charge is 0.274 e. The number of aryl methyl sites for hydroxylation is 1. The van der Waals surface area contributed by atoms with Gasteiger partial charge < -0.3 is 5.32 Å². The number of hydrogen-bond acceptors (Lipinski definition) is 4. The Morgan fingerprint density at radius 3 is 2.95 bits per heavy atom. The van der Waals surface area contributed by atoms with E-state index in [0.717, 1.165) is 24.1 Å². The zero-order chi connectivity index (χ0) is 15.5. The van der Waals surface area contributed by atoms with Crippen LogP contribution in [0.25, 0.3) is 5.78 Å². The van der Waals surface area contributed by atoms with E-state index in [2.05, 4.69) is 20.4 Å². The number of nitrogens with one attached hydrogen (secondary N) is 2. The minimum atomic E-state index is -0.156. The van der Waals surface area contributed by atoms with Gasteiger partial charge >= 0.3 is 0 Å². The first-order chi connectivity index (χ1) is 10.7. The fourth-order valence-corrected chi connectivity index (χ4v) is 2.44. The molecular formula is C15H16ClN5O. The van der Waals surface area contributed by atoms with Crippen molar-refractivity contribution < 1.29 is 0 Å². The summed E-state index contributed by atoms with van der Waals surface area (Å²) in [5.41, 5.74) is 1.64. The van der Waals surface area contributed by atoms with E-state index in [1.165, 1.54) is 10.6 Å². The number of halogens is 1. The van der Waals surface area contributed by atoms with Crippen molar-refractivity contribution in [1.29, 1.82) is 0 Å². The van der Waals surface area contributed by atoms with Gasteiger partial charge in [-0.05, 0) is 24.1 Å². The molecular weight excluding hydrogens is 302 g/mol. The van der Waals surface area contributed by atoms with E-state index in [0.29, 0.717) is 23.3 Å². The van der Waals surface area contributed by atoms with Gasteiger partial charge in [0, 0.05) is 17.6 Å². The molecule has 0 saturated heterocycles. The van der Waals surface area contributed by atoms with E-state index in [1.54, 1.807) is 0 Å². The average Bonchev–Trinajstić information content (AvgIpc) is 2.89. The Labute approximate surface area is 132 Å². The van der Waals surface area contributed by atoms with E-state index in [9.17, 15) is 4.79 Å². The van der Waals surface area contributed by atoms with Crippen molar-refractivity contribution in [2.45, 2.75) is 26.3 Å². The molecule has 2 N–H and O–H groups in total. The second kappa shape index (κ2) is 6.19. The first kappa shape index (κ1) is 14.6. The van der Waals surface area contributed by atoms with Crippen LogP contribution in [0.2, 0.25) is 5.02 Å². The largest absolute Gasteiger partial charge is 0.351 e. The van der Waals surface area contributed by atoms with Crippen molar-refractivity contribution in [3.63, 3.8) is 0 Å². The highest BCUT2D eigenvalue weighted by Gasteiger charge is 2.07. The molecule has 0 unspecified atom stereocenters. The number of benzene rings is 1. The molecule has 6 nitrogen and oxygen atoms in total. The lowest BCUT2D eigenvalue weighted by molar-refractivity contribution is 0.837. The topological polar surface area (TPSA) is 75.1 Å². The summed E-state index contributed by atoms with van der Waals surface area (Å²) in [5, 5.41) is 6.72. The first-order valence-corrected chi connectivity index (χ1v) is 7.50.